The highest BCUT2D eigenvalue weighted by molar-refractivity contribution is 6.81. The summed E-state index contributed by atoms with van der Waals surface area (Å²) in [6.07, 6.45) is 0.708. The summed E-state index contributed by atoms with van der Waals surface area (Å²) >= 11 is 0. The lowest BCUT2D eigenvalue weighted by molar-refractivity contribution is -0.125. The first kappa shape index (κ1) is 18.9. The van der Waals surface area contributed by atoms with E-state index in [-0.39, 0.29) is 22.1 Å². The Morgan fingerprint density at radius 3 is 1.81 bits per heavy atom. The van der Waals surface area contributed by atoms with Crippen LogP contribution in [0.15, 0.2) is 0 Å². The molecule has 124 valence electrons. The smallest absolute Gasteiger partial charge is 0.206 e. The minimum Gasteiger partial charge on any atom is -0.412 e. The molecule has 0 aromatic rings. The summed E-state index contributed by atoms with van der Waals surface area (Å²) in [5.41, 5.74) is 0.564. The Morgan fingerprint density at radius 1 is 1.10 bits per heavy atom. The van der Waals surface area contributed by atoms with Crippen molar-refractivity contribution in [2.75, 3.05) is 0 Å². The van der Waals surface area contributed by atoms with Crippen LogP contribution in [0.3, 0.4) is 0 Å². The second-order valence-corrected chi connectivity index (χ2v) is 14.7. The van der Waals surface area contributed by atoms with E-state index in [0.29, 0.717) is 23.7 Å². The van der Waals surface area contributed by atoms with Gasteiger partial charge >= 0.3 is 0 Å². The highest BCUT2D eigenvalue weighted by Gasteiger charge is 2.65. The molecule has 21 heavy (non-hydrogen) atoms. The van der Waals surface area contributed by atoms with Crippen molar-refractivity contribution in [3.05, 3.63) is 0 Å². The molecule has 1 aliphatic rings. The van der Waals surface area contributed by atoms with Gasteiger partial charge in [-0.3, -0.25) is 4.79 Å². The third-order valence-corrected chi connectivity index (χ3v) is 12.8. The lowest BCUT2D eigenvalue weighted by atomic mass is 9.88. The zero-order chi connectivity index (χ0) is 16.8. The first-order valence-corrected chi connectivity index (χ1v) is 10.5. The van der Waals surface area contributed by atoms with E-state index in [4.69, 9.17) is 4.43 Å². The SMILES string of the molecule is CCC(=O)[C@@H](C)[C@@H]1O[Si](C(C)(C)C)(C(C)(C)C)[C@H](C)[C@H]1C. The van der Waals surface area contributed by atoms with E-state index in [9.17, 15) is 4.79 Å². The molecule has 3 heteroatoms. The molecular formula is C18H36O2Si. The number of hydrogen-bond donors (Lipinski definition) is 0. The summed E-state index contributed by atoms with van der Waals surface area (Å²) in [5, 5.41) is 0.339. The Bertz CT molecular complexity index is 375. The Kier molecular flexibility index (Phi) is 5.22. The molecule has 0 amide bonds. The van der Waals surface area contributed by atoms with Crippen LogP contribution < -0.4 is 0 Å². The van der Waals surface area contributed by atoms with Gasteiger partial charge < -0.3 is 4.43 Å². The fourth-order valence-electron chi connectivity index (χ4n) is 4.99. The zero-order valence-electron chi connectivity index (χ0n) is 15.8. The fraction of sp³-hybridized carbons (Fsp3) is 0.944. The van der Waals surface area contributed by atoms with Crippen molar-refractivity contribution in [2.45, 2.75) is 97.4 Å². The fourth-order valence-corrected chi connectivity index (χ4v) is 12.7. The average Bonchev–Trinajstić information content (AvgIpc) is 2.60. The monoisotopic (exact) mass is 312 g/mol. The van der Waals surface area contributed by atoms with E-state index in [1.807, 2.05) is 6.92 Å². The standard InChI is InChI=1S/C18H36O2Si/c1-11-15(19)13(3)16-12(2)14(4)21(20-16,17(5,6)7)18(8,9)10/h12-14,16H,11H2,1-10H3/t12-,13-,14-,16-/m1/s1. The van der Waals surface area contributed by atoms with Crippen LogP contribution in [0.2, 0.25) is 15.6 Å². The van der Waals surface area contributed by atoms with Gasteiger partial charge in [-0.2, -0.15) is 0 Å². The van der Waals surface area contributed by atoms with Crippen LogP contribution in [0, 0.1) is 11.8 Å². The summed E-state index contributed by atoms with van der Waals surface area (Å²) < 4.78 is 6.91. The van der Waals surface area contributed by atoms with Gasteiger partial charge in [0.1, 0.15) is 5.78 Å². The van der Waals surface area contributed by atoms with Gasteiger partial charge in [-0.05, 0) is 21.5 Å². The van der Waals surface area contributed by atoms with Gasteiger partial charge in [0.05, 0.1) is 6.10 Å². The Hall–Kier alpha value is -0.153. The molecule has 0 bridgehead atoms. The van der Waals surface area contributed by atoms with Crippen LogP contribution in [0.4, 0.5) is 0 Å². The first-order valence-electron chi connectivity index (χ1n) is 8.51. The average molecular weight is 313 g/mol. The number of hydrogen-bond acceptors (Lipinski definition) is 2. The molecule has 0 N–H and O–H groups in total. The largest absolute Gasteiger partial charge is 0.412 e. The highest BCUT2D eigenvalue weighted by atomic mass is 28.4. The second-order valence-electron chi connectivity index (χ2n) is 9.07. The van der Waals surface area contributed by atoms with Crippen molar-refractivity contribution in [3.63, 3.8) is 0 Å². The first-order chi connectivity index (χ1) is 9.31. The molecule has 2 nitrogen and oxygen atoms in total. The third-order valence-electron chi connectivity index (χ3n) is 5.85. The van der Waals surface area contributed by atoms with Crippen LogP contribution in [0.25, 0.3) is 0 Å². The Labute approximate surface area is 133 Å². The molecule has 1 aliphatic heterocycles. The maximum absolute atomic E-state index is 12.2. The molecule has 1 fully saturated rings. The number of ketones is 1. The van der Waals surface area contributed by atoms with E-state index in [2.05, 4.69) is 62.3 Å². The topological polar surface area (TPSA) is 26.3 Å². The van der Waals surface area contributed by atoms with Gasteiger partial charge in [-0.15, -0.1) is 0 Å². The van der Waals surface area contributed by atoms with E-state index < -0.39 is 8.32 Å². The van der Waals surface area contributed by atoms with Crippen molar-refractivity contribution < 1.29 is 9.22 Å². The van der Waals surface area contributed by atoms with Crippen LogP contribution in [0.5, 0.6) is 0 Å². The van der Waals surface area contributed by atoms with Crippen molar-refractivity contribution >= 4 is 14.1 Å². The summed E-state index contributed by atoms with van der Waals surface area (Å²) in [6, 6.07) is 0. The summed E-state index contributed by atoms with van der Waals surface area (Å²) in [5.74, 6) is 0.818. The molecule has 0 unspecified atom stereocenters. The molecule has 1 rings (SSSR count). The van der Waals surface area contributed by atoms with Crippen molar-refractivity contribution in [1.29, 1.82) is 0 Å². The maximum atomic E-state index is 12.2. The van der Waals surface area contributed by atoms with Gasteiger partial charge in [0.15, 0.2) is 0 Å². The molecule has 0 spiro atoms. The third kappa shape index (κ3) is 2.88. The molecule has 4 atom stereocenters. The molecule has 1 heterocycles. The minimum atomic E-state index is -2.04. The van der Waals surface area contributed by atoms with Crippen molar-refractivity contribution in [3.8, 4) is 0 Å². The molecule has 0 radical (unpaired) electrons. The van der Waals surface area contributed by atoms with Crippen molar-refractivity contribution in [1.82, 2.24) is 0 Å². The minimum absolute atomic E-state index is 0.0199. The lowest BCUT2D eigenvalue weighted by Crippen LogP contribution is -2.55. The van der Waals surface area contributed by atoms with Gasteiger partial charge in [0.2, 0.25) is 8.32 Å². The summed E-state index contributed by atoms with van der Waals surface area (Å²) in [4.78, 5) is 12.2. The van der Waals surface area contributed by atoms with E-state index >= 15 is 0 Å². The quantitative estimate of drug-likeness (QED) is 0.637. The zero-order valence-corrected chi connectivity index (χ0v) is 16.8. The molecular weight excluding hydrogens is 276 g/mol. The van der Waals surface area contributed by atoms with E-state index in [1.54, 1.807) is 0 Å². The lowest BCUT2D eigenvalue weighted by Gasteiger charge is -2.51. The number of Topliss-reactive ketones (excluding diaryl/α,β-unsaturated/α-hetero) is 1. The summed E-state index contributed by atoms with van der Waals surface area (Å²) in [7, 11) is -2.04. The van der Waals surface area contributed by atoms with Crippen LogP contribution in [0.1, 0.15) is 75.7 Å². The predicted octanol–water partition coefficient (Wildman–Crippen LogP) is 5.57. The van der Waals surface area contributed by atoms with Crippen LogP contribution >= 0.6 is 0 Å². The normalized spacial score (nSPS) is 31.2. The Morgan fingerprint density at radius 2 is 1.52 bits per heavy atom. The van der Waals surface area contributed by atoms with Gasteiger partial charge in [0.25, 0.3) is 0 Å². The summed E-state index contributed by atoms with van der Waals surface area (Å²) in [6.45, 7) is 22.7. The Balaban J connectivity index is 3.30. The van der Waals surface area contributed by atoms with Gasteiger partial charge in [0, 0.05) is 12.3 Å². The predicted molar refractivity (Wildman–Crippen MR) is 93.1 cm³/mol. The van der Waals surface area contributed by atoms with E-state index in [0.717, 1.165) is 0 Å². The molecule has 0 aliphatic carbocycles. The van der Waals surface area contributed by atoms with Crippen LogP contribution in [-0.4, -0.2) is 20.2 Å². The van der Waals surface area contributed by atoms with Gasteiger partial charge in [-0.25, -0.2) is 0 Å². The molecule has 1 saturated heterocycles. The molecule has 0 saturated carbocycles. The number of carbonyl (C=O) groups is 1. The number of carbonyl (C=O) groups excluding carboxylic acids is 1. The number of rotatable bonds is 3. The molecule has 0 aromatic heterocycles. The molecule has 0 aromatic carbocycles. The van der Waals surface area contributed by atoms with Crippen LogP contribution in [-0.2, 0) is 9.22 Å². The van der Waals surface area contributed by atoms with Crippen molar-refractivity contribution in [2.24, 2.45) is 11.8 Å². The second kappa shape index (κ2) is 5.81. The maximum Gasteiger partial charge on any atom is 0.206 e. The van der Waals surface area contributed by atoms with Gasteiger partial charge in [-0.1, -0.05) is 69.2 Å². The van der Waals surface area contributed by atoms with E-state index in [1.165, 1.54) is 0 Å². The highest BCUT2D eigenvalue weighted by Crippen LogP contribution is 2.64.